The summed E-state index contributed by atoms with van der Waals surface area (Å²) in [5.74, 6) is 0.695. The van der Waals surface area contributed by atoms with Gasteiger partial charge < -0.3 is 9.26 Å². The van der Waals surface area contributed by atoms with E-state index in [4.69, 9.17) is 9.26 Å². The molecule has 10 heteroatoms. The van der Waals surface area contributed by atoms with Crippen LogP contribution in [0.15, 0.2) is 34.9 Å². The Morgan fingerprint density at radius 3 is 2.70 bits per heavy atom. The first-order valence-electron chi connectivity index (χ1n) is 10.0. The van der Waals surface area contributed by atoms with Crippen LogP contribution in [-0.2, 0) is 22.5 Å². The van der Waals surface area contributed by atoms with Crippen LogP contribution in [0.3, 0.4) is 0 Å². The molecule has 0 spiro atoms. The summed E-state index contributed by atoms with van der Waals surface area (Å²) in [5, 5.41) is 18.9. The fraction of sp³-hybridized carbons (Fsp3) is 0.450. The number of tetrazole rings is 1. The number of nitrogens with one attached hydrogen (secondary N) is 1. The number of benzene rings is 1. The molecule has 1 N–H and O–H groups in total. The molecule has 1 saturated heterocycles. The van der Waals surface area contributed by atoms with Crippen molar-refractivity contribution in [2.45, 2.75) is 32.9 Å². The molecule has 158 valence electrons. The molecule has 1 atom stereocenters. The molecule has 3 heterocycles. The molecule has 2 aromatic heterocycles. The highest BCUT2D eigenvalue weighted by Crippen LogP contribution is 2.27. The second-order valence-electron chi connectivity index (χ2n) is 7.14. The van der Waals surface area contributed by atoms with E-state index in [0.29, 0.717) is 24.9 Å². The van der Waals surface area contributed by atoms with E-state index in [-0.39, 0.29) is 18.5 Å². The van der Waals surface area contributed by atoms with Crippen LogP contribution in [-0.4, -0.2) is 62.5 Å². The second kappa shape index (κ2) is 9.14. The molecule has 0 saturated carbocycles. The highest BCUT2D eigenvalue weighted by atomic mass is 16.5. The first-order valence-corrected chi connectivity index (χ1v) is 10.0. The highest BCUT2D eigenvalue weighted by molar-refractivity contribution is 5.89. The van der Waals surface area contributed by atoms with Crippen LogP contribution in [0.2, 0.25) is 0 Å². The van der Waals surface area contributed by atoms with Gasteiger partial charge in [-0.25, -0.2) is 4.68 Å². The number of rotatable bonds is 7. The van der Waals surface area contributed by atoms with Crippen molar-refractivity contribution in [1.82, 2.24) is 30.3 Å². The maximum absolute atomic E-state index is 12.7. The van der Waals surface area contributed by atoms with E-state index in [9.17, 15) is 4.79 Å². The summed E-state index contributed by atoms with van der Waals surface area (Å²) in [6, 6.07) is 9.87. The minimum absolute atomic E-state index is 0.0302. The van der Waals surface area contributed by atoms with Crippen molar-refractivity contribution in [3.63, 3.8) is 0 Å². The number of nitrogens with zero attached hydrogens (tertiary/aromatic N) is 6. The number of anilines is 1. The maximum Gasteiger partial charge on any atom is 0.248 e. The number of hydrogen-bond donors (Lipinski definition) is 1. The van der Waals surface area contributed by atoms with Gasteiger partial charge in [0.15, 0.2) is 5.82 Å². The number of aromatic nitrogens is 5. The predicted octanol–water partition coefficient (Wildman–Crippen LogP) is 1.59. The van der Waals surface area contributed by atoms with Crippen LogP contribution < -0.4 is 5.32 Å². The van der Waals surface area contributed by atoms with E-state index in [1.807, 2.05) is 44.2 Å². The third-order valence-corrected chi connectivity index (χ3v) is 5.23. The SMILES string of the molecule is CCc1noc(NC(=O)Cn2nnnc2C(c2ccccc2)N2CCOCC2)c1C. The molecular weight excluding hydrogens is 386 g/mol. The number of ether oxygens (including phenoxy) is 1. The quantitative estimate of drug-likeness (QED) is 0.624. The molecule has 0 aliphatic carbocycles. The number of amides is 1. The molecule has 1 aliphatic rings. The normalized spacial score (nSPS) is 15.8. The van der Waals surface area contributed by atoms with Crippen molar-refractivity contribution < 1.29 is 14.1 Å². The Morgan fingerprint density at radius 2 is 2.00 bits per heavy atom. The van der Waals surface area contributed by atoms with Gasteiger partial charge in [0.2, 0.25) is 11.8 Å². The van der Waals surface area contributed by atoms with Gasteiger partial charge in [-0.2, -0.15) is 0 Å². The molecule has 0 radical (unpaired) electrons. The minimum atomic E-state index is -0.278. The van der Waals surface area contributed by atoms with Gasteiger partial charge in [0.1, 0.15) is 6.54 Å². The van der Waals surface area contributed by atoms with Gasteiger partial charge in [-0.1, -0.05) is 42.4 Å². The highest BCUT2D eigenvalue weighted by Gasteiger charge is 2.29. The van der Waals surface area contributed by atoms with Crippen molar-refractivity contribution in [2.24, 2.45) is 0 Å². The molecule has 4 rings (SSSR count). The lowest BCUT2D eigenvalue weighted by molar-refractivity contribution is -0.117. The Hall–Kier alpha value is -3.11. The molecule has 1 aromatic carbocycles. The Morgan fingerprint density at radius 1 is 1.23 bits per heavy atom. The Kier molecular flexibility index (Phi) is 6.15. The van der Waals surface area contributed by atoms with Crippen LogP contribution in [0.5, 0.6) is 0 Å². The summed E-state index contributed by atoms with van der Waals surface area (Å²) >= 11 is 0. The van der Waals surface area contributed by atoms with Crippen LogP contribution in [0, 0.1) is 6.92 Å². The van der Waals surface area contributed by atoms with Crippen molar-refractivity contribution >= 4 is 11.8 Å². The van der Waals surface area contributed by atoms with Gasteiger partial charge in [0, 0.05) is 18.7 Å². The topological polar surface area (TPSA) is 111 Å². The monoisotopic (exact) mass is 411 g/mol. The lowest BCUT2D eigenvalue weighted by Crippen LogP contribution is -2.40. The van der Waals surface area contributed by atoms with E-state index in [0.717, 1.165) is 36.3 Å². The minimum Gasteiger partial charge on any atom is -0.379 e. The van der Waals surface area contributed by atoms with Gasteiger partial charge in [-0.15, -0.1) is 5.10 Å². The van der Waals surface area contributed by atoms with Crippen molar-refractivity contribution in [2.75, 3.05) is 31.6 Å². The van der Waals surface area contributed by atoms with E-state index in [1.54, 1.807) is 0 Å². The zero-order valence-electron chi connectivity index (χ0n) is 17.1. The lowest BCUT2D eigenvalue weighted by atomic mass is 10.0. The zero-order valence-corrected chi connectivity index (χ0v) is 17.1. The summed E-state index contributed by atoms with van der Waals surface area (Å²) in [4.78, 5) is 14.9. The summed E-state index contributed by atoms with van der Waals surface area (Å²) in [6.45, 7) is 6.64. The molecule has 1 aliphatic heterocycles. The first kappa shape index (κ1) is 20.2. The fourth-order valence-electron chi connectivity index (χ4n) is 3.63. The smallest absolute Gasteiger partial charge is 0.248 e. The van der Waals surface area contributed by atoms with E-state index in [1.165, 1.54) is 4.68 Å². The summed E-state index contributed by atoms with van der Waals surface area (Å²) in [7, 11) is 0. The molecule has 30 heavy (non-hydrogen) atoms. The average Bonchev–Trinajstić information content (AvgIpc) is 3.36. The van der Waals surface area contributed by atoms with Crippen molar-refractivity contribution in [3.05, 3.63) is 53.0 Å². The van der Waals surface area contributed by atoms with Gasteiger partial charge in [-0.3, -0.25) is 15.0 Å². The summed E-state index contributed by atoms with van der Waals surface area (Å²) < 4.78 is 12.3. The molecule has 1 amide bonds. The predicted molar refractivity (Wildman–Crippen MR) is 108 cm³/mol. The number of carbonyl (C=O) groups excluding carboxylic acids is 1. The Bertz CT molecular complexity index is 979. The second-order valence-corrected chi connectivity index (χ2v) is 7.14. The lowest BCUT2D eigenvalue weighted by Gasteiger charge is -2.33. The number of aryl methyl sites for hydroxylation is 1. The van der Waals surface area contributed by atoms with E-state index in [2.05, 4.69) is 30.9 Å². The molecule has 1 fully saturated rings. The van der Waals surface area contributed by atoms with E-state index >= 15 is 0 Å². The summed E-state index contributed by atoms with van der Waals surface area (Å²) in [5.41, 5.74) is 2.72. The summed E-state index contributed by atoms with van der Waals surface area (Å²) in [6.07, 6.45) is 0.737. The zero-order chi connectivity index (χ0) is 20.9. The van der Waals surface area contributed by atoms with Gasteiger partial charge in [0.25, 0.3) is 0 Å². The molecule has 3 aromatic rings. The number of carbonyl (C=O) groups is 1. The Labute approximate surface area is 174 Å². The largest absolute Gasteiger partial charge is 0.379 e. The van der Waals surface area contributed by atoms with Gasteiger partial charge >= 0.3 is 0 Å². The third kappa shape index (κ3) is 4.24. The fourth-order valence-corrected chi connectivity index (χ4v) is 3.63. The number of morpholine rings is 1. The maximum atomic E-state index is 12.7. The van der Waals surface area contributed by atoms with Crippen molar-refractivity contribution in [3.8, 4) is 0 Å². The van der Waals surface area contributed by atoms with E-state index < -0.39 is 0 Å². The average molecular weight is 411 g/mol. The Balaban J connectivity index is 1.56. The van der Waals surface area contributed by atoms with Crippen LogP contribution in [0.25, 0.3) is 0 Å². The van der Waals surface area contributed by atoms with Gasteiger partial charge in [0.05, 0.1) is 24.9 Å². The molecule has 0 bridgehead atoms. The standard InChI is InChI=1S/C20H25N7O3/c1-3-16-14(2)20(30-23-16)21-17(28)13-27-19(22-24-25-27)18(15-7-5-4-6-8-15)26-9-11-29-12-10-26/h4-8,18H,3,9-13H2,1-2H3,(H,21,28). The van der Waals surface area contributed by atoms with Gasteiger partial charge in [-0.05, 0) is 29.3 Å². The molecule has 1 unspecified atom stereocenters. The third-order valence-electron chi connectivity index (χ3n) is 5.23. The van der Waals surface area contributed by atoms with Crippen LogP contribution >= 0.6 is 0 Å². The molecule has 10 nitrogen and oxygen atoms in total. The van der Waals surface area contributed by atoms with Crippen LogP contribution in [0.4, 0.5) is 5.88 Å². The van der Waals surface area contributed by atoms with Crippen molar-refractivity contribution in [1.29, 1.82) is 0 Å². The van der Waals surface area contributed by atoms with Crippen LogP contribution in [0.1, 0.15) is 35.6 Å². The molecular formula is C20H25N7O3. The number of hydrogen-bond acceptors (Lipinski definition) is 8. The first-order chi connectivity index (χ1) is 14.7.